The number of rotatable bonds is 6. The molecular formula is C22H15F3N4O4. The molecule has 2 aromatic heterocycles. The fourth-order valence-corrected chi connectivity index (χ4v) is 3.15. The molecule has 0 atom stereocenters. The van der Waals surface area contributed by atoms with Crippen LogP contribution in [-0.4, -0.2) is 20.6 Å². The quantitative estimate of drug-likeness (QED) is 0.325. The molecule has 0 unspecified atom stereocenters. The van der Waals surface area contributed by atoms with Crippen molar-refractivity contribution in [2.75, 3.05) is 0 Å². The van der Waals surface area contributed by atoms with E-state index in [0.29, 0.717) is 11.5 Å². The van der Waals surface area contributed by atoms with E-state index in [1.807, 2.05) is 0 Å². The monoisotopic (exact) mass is 456 g/mol. The highest BCUT2D eigenvalue weighted by Crippen LogP contribution is 2.29. The number of nitrogens with zero attached hydrogens (tertiary/aromatic N) is 3. The van der Waals surface area contributed by atoms with Crippen molar-refractivity contribution in [2.24, 2.45) is 0 Å². The zero-order chi connectivity index (χ0) is 23.6. The number of hydrogen-bond donors (Lipinski definition) is 1. The lowest BCUT2D eigenvalue weighted by atomic mass is 10.1. The van der Waals surface area contributed by atoms with Crippen molar-refractivity contribution in [3.8, 4) is 17.1 Å². The SMILES string of the molecule is O=C(NCc1cccc(C(F)(F)F)c1)c1cc(-c2ccco2)nn1-c1cccc([N+](=O)[O-])c1. The van der Waals surface area contributed by atoms with E-state index in [1.165, 1.54) is 53.4 Å². The Labute approximate surface area is 184 Å². The first kappa shape index (κ1) is 21.8. The van der Waals surface area contributed by atoms with Crippen LogP contribution >= 0.6 is 0 Å². The molecule has 0 aliphatic heterocycles. The smallest absolute Gasteiger partial charge is 0.416 e. The van der Waals surface area contributed by atoms with Crippen LogP contribution in [-0.2, 0) is 12.7 Å². The molecule has 0 aliphatic carbocycles. The van der Waals surface area contributed by atoms with Gasteiger partial charge in [-0.2, -0.15) is 18.3 Å². The van der Waals surface area contributed by atoms with Gasteiger partial charge in [0.2, 0.25) is 0 Å². The fourth-order valence-electron chi connectivity index (χ4n) is 3.15. The molecule has 0 saturated carbocycles. The van der Waals surface area contributed by atoms with Crippen LogP contribution in [0.25, 0.3) is 17.1 Å². The van der Waals surface area contributed by atoms with Crippen molar-refractivity contribution in [3.05, 3.63) is 99.9 Å². The third-order valence-electron chi connectivity index (χ3n) is 4.71. The zero-order valence-corrected chi connectivity index (χ0v) is 16.7. The summed E-state index contributed by atoms with van der Waals surface area (Å²) in [4.78, 5) is 23.5. The maximum atomic E-state index is 12.9. The Balaban J connectivity index is 1.66. The molecule has 0 fully saturated rings. The average molecular weight is 456 g/mol. The van der Waals surface area contributed by atoms with E-state index >= 15 is 0 Å². The van der Waals surface area contributed by atoms with Gasteiger partial charge in [-0.1, -0.05) is 18.2 Å². The number of nitrogens with one attached hydrogen (secondary N) is 1. The summed E-state index contributed by atoms with van der Waals surface area (Å²) in [7, 11) is 0. The molecule has 0 aliphatic rings. The fraction of sp³-hybridized carbons (Fsp3) is 0.0909. The van der Waals surface area contributed by atoms with Gasteiger partial charge in [-0.05, 0) is 35.9 Å². The van der Waals surface area contributed by atoms with E-state index in [1.54, 1.807) is 12.1 Å². The van der Waals surface area contributed by atoms with Crippen molar-refractivity contribution < 1.29 is 27.3 Å². The van der Waals surface area contributed by atoms with Crippen molar-refractivity contribution in [1.29, 1.82) is 0 Å². The van der Waals surface area contributed by atoms with Crippen LogP contribution in [0.4, 0.5) is 18.9 Å². The Hall–Kier alpha value is -4.41. The molecule has 2 aromatic carbocycles. The van der Waals surface area contributed by atoms with Crippen molar-refractivity contribution in [3.63, 3.8) is 0 Å². The highest BCUT2D eigenvalue weighted by atomic mass is 19.4. The van der Waals surface area contributed by atoms with Crippen LogP contribution in [0.3, 0.4) is 0 Å². The van der Waals surface area contributed by atoms with E-state index < -0.39 is 22.6 Å². The van der Waals surface area contributed by atoms with Crippen LogP contribution in [0.1, 0.15) is 21.6 Å². The standard InChI is InChI=1S/C22H15F3N4O4/c23-22(24,25)15-5-1-4-14(10-15)13-26-21(30)19-12-18(20-8-3-9-33-20)27-28(19)16-6-2-7-17(11-16)29(31)32/h1-12H,13H2,(H,26,30). The van der Waals surface area contributed by atoms with Gasteiger partial charge in [0.05, 0.1) is 22.4 Å². The average Bonchev–Trinajstić information content (AvgIpc) is 3.47. The Kier molecular flexibility index (Phi) is 5.69. The lowest BCUT2D eigenvalue weighted by Gasteiger charge is -2.10. The number of aromatic nitrogens is 2. The maximum absolute atomic E-state index is 12.9. The van der Waals surface area contributed by atoms with Gasteiger partial charge in [-0.3, -0.25) is 14.9 Å². The highest BCUT2D eigenvalue weighted by molar-refractivity contribution is 5.94. The molecule has 0 bridgehead atoms. The van der Waals surface area contributed by atoms with Crippen LogP contribution in [0, 0.1) is 10.1 Å². The summed E-state index contributed by atoms with van der Waals surface area (Å²) in [5, 5.41) is 18.1. The number of nitro benzene ring substituents is 1. The van der Waals surface area contributed by atoms with Gasteiger partial charge in [-0.25, -0.2) is 4.68 Å². The summed E-state index contributed by atoms with van der Waals surface area (Å²) in [5.74, 6) is -0.268. The molecule has 168 valence electrons. The van der Waals surface area contributed by atoms with Gasteiger partial charge in [0.15, 0.2) is 5.76 Å². The zero-order valence-electron chi connectivity index (χ0n) is 16.7. The molecule has 2 heterocycles. The third-order valence-corrected chi connectivity index (χ3v) is 4.71. The first-order chi connectivity index (χ1) is 15.7. The first-order valence-corrected chi connectivity index (χ1v) is 9.55. The van der Waals surface area contributed by atoms with Crippen LogP contribution in [0.2, 0.25) is 0 Å². The van der Waals surface area contributed by atoms with E-state index in [-0.39, 0.29) is 29.2 Å². The number of carbonyl (C=O) groups excluding carboxylic acids is 1. The second-order valence-corrected chi connectivity index (χ2v) is 6.96. The molecule has 1 amide bonds. The normalized spacial score (nSPS) is 11.4. The predicted molar refractivity (Wildman–Crippen MR) is 111 cm³/mol. The molecule has 0 radical (unpaired) electrons. The summed E-state index contributed by atoms with van der Waals surface area (Å²) < 4.78 is 45.4. The largest absolute Gasteiger partial charge is 0.463 e. The summed E-state index contributed by atoms with van der Waals surface area (Å²) in [6, 6.07) is 14.8. The molecule has 0 spiro atoms. The van der Waals surface area contributed by atoms with Crippen LogP contribution in [0.15, 0.2) is 77.4 Å². The molecule has 0 saturated heterocycles. The Bertz CT molecular complexity index is 1310. The van der Waals surface area contributed by atoms with Crippen molar-refractivity contribution in [1.82, 2.24) is 15.1 Å². The van der Waals surface area contributed by atoms with Crippen molar-refractivity contribution >= 4 is 11.6 Å². The number of amides is 1. The topological polar surface area (TPSA) is 103 Å². The lowest BCUT2D eigenvalue weighted by molar-refractivity contribution is -0.384. The summed E-state index contributed by atoms with van der Waals surface area (Å²) >= 11 is 0. The summed E-state index contributed by atoms with van der Waals surface area (Å²) in [5.41, 5.74) is -0.185. The predicted octanol–water partition coefficient (Wildman–Crippen LogP) is 4.99. The number of alkyl halides is 3. The number of non-ortho nitro benzene ring substituents is 1. The van der Waals surface area contributed by atoms with Crippen LogP contribution < -0.4 is 5.32 Å². The second-order valence-electron chi connectivity index (χ2n) is 6.96. The third kappa shape index (κ3) is 4.76. The van der Waals surface area contributed by atoms with Crippen molar-refractivity contribution in [2.45, 2.75) is 12.7 Å². The van der Waals surface area contributed by atoms with Gasteiger partial charge in [0.1, 0.15) is 11.4 Å². The number of nitro groups is 1. The number of hydrogen-bond acceptors (Lipinski definition) is 5. The molecule has 4 aromatic rings. The summed E-state index contributed by atoms with van der Waals surface area (Å²) in [6.07, 6.45) is -3.08. The van der Waals surface area contributed by atoms with Gasteiger partial charge in [0, 0.05) is 24.7 Å². The Morgan fingerprint density at radius 1 is 1.09 bits per heavy atom. The Morgan fingerprint density at radius 3 is 2.58 bits per heavy atom. The Morgan fingerprint density at radius 2 is 1.88 bits per heavy atom. The molecule has 1 N–H and O–H groups in total. The van der Waals surface area contributed by atoms with Gasteiger partial charge >= 0.3 is 6.18 Å². The highest BCUT2D eigenvalue weighted by Gasteiger charge is 2.30. The minimum absolute atomic E-state index is 0.0221. The second kappa shape index (κ2) is 8.61. The van der Waals surface area contributed by atoms with Gasteiger partial charge in [-0.15, -0.1) is 0 Å². The molecule has 4 rings (SSSR count). The number of benzene rings is 2. The van der Waals surface area contributed by atoms with E-state index in [4.69, 9.17) is 4.42 Å². The maximum Gasteiger partial charge on any atom is 0.416 e. The van der Waals surface area contributed by atoms with E-state index in [0.717, 1.165) is 12.1 Å². The first-order valence-electron chi connectivity index (χ1n) is 9.55. The molecule has 33 heavy (non-hydrogen) atoms. The molecule has 8 nitrogen and oxygen atoms in total. The molecule has 11 heteroatoms. The summed E-state index contributed by atoms with van der Waals surface area (Å²) in [6.45, 7) is -0.168. The lowest BCUT2D eigenvalue weighted by Crippen LogP contribution is -2.25. The van der Waals surface area contributed by atoms with Gasteiger partial charge in [0.25, 0.3) is 11.6 Å². The van der Waals surface area contributed by atoms with E-state index in [9.17, 15) is 28.1 Å². The molecular weight excluding hydrogens is 441 g/mol. The minimum atomic E-state index is -4.50. The number of halogens is 3. The van der Waals surface area contributed by atoms with E-state index in [2.05, 4.69) is 10.4 Å². The van der Waals surface area contributed by atoms with Crippen LogP contribution in [0.5, 0.6) is 0 Å². The number of furan rings is 1. The van der Waals surface area contributed by atoms with Gasteiger partial charge < -0.3 is 9.73 Å². The number of carbonyl (C=O) groups is 1. The minimum Gasteiger partial charge on any atom is -0.463 e.